The molecule has 104 valence electrons. The van der Waals surface area contributed by atoms with Crippen LogP contribution < -0.4 is 10.6 Å². The van der Waals surface area contributed by atoms with Gasteiger partial charge in [-0.2, -0.15) is 0 Å². The average Bonchev–Trinajstić information content (AvgIpc) is 2.43. The van der Waals surface area contributed by atoms with Crippen molar-refractivity contribution >= 4 is 17.6 Å². The lowest BCUT2D eigenvalue weighted by Crippen LogP contribution is -2.48. The Morgan fingerprint density at radius 3 is 2.32 bits per heavy atom. The summed E-state index contributed by atoms with van der Waals surface area (Å²) in [4.78, 5) is 25.1. The van der Waals surface area contributed by atoms with Gasteiger partial charge in [-0.25, -0.2) is 0 Å². The fraction of sp³-hybridized carbons (Fsp3) is 0.429. The Morgan fingerprint density at radius 1 is 1.26 bits per heavy atom. The molecule has 0 bridgehead atoms. The molecule has 0 fully saturated rings. The van der Waals surface area contributed by atoms with Crippen LogP contribution in [-0.2, 0) is 14.3 Å². The van der Waals surface area contributed by atoms with Crippen LogP contribution in [0.3, 0.4) is 0 Å². The first-order chi connectivity index (χ1) is 8.97. The van der Waals surface area contributed by atoms with Gasteiger partial charge < -0.3 is 10.5 Å². The molecule has 0 saturated heterocycles. The van der Waals surface area contributed by atoms with E-state index < -0.39 is 12.0 Å². The second-order valence-corrected chi connectivity index (χ2v) is 4.61. The number of carbonyl (C=O) groups is 2. The van der Waals surface area contributed by atoms with Crippen LogP contribution in [0.25, 0.3) is 0 Å². The van der Waals surface area contributed by atoms with E-state index in [1.54, 1.807) is 24.3 Å². The van der Waals surface area contributed by atoms with Gasteiger partial charge in [0.25, 0.3) is 0 Å². The number of benzene rings is 1. The van der Waals surface area contributed by atoms with E-state index in [9.17, 15) is 9.59 Å². The number of ether oxygens (including phenoxy) is 1. The number of carbonyl (C=O) groups excluding carboxylic acids is 2. The molecule has 0 heterocycles. The van der Waals surface area contributed by atoms with Crippen LogP contribution in [0.1, 0.15) is 13.8 Å². The van der Waals surface area contributed by atoms with Gasteiger partial charge in [-0.05, 0) is 18.1 Å². The number of nitrogens with zero attached hydrogens (tertiary/aromatic N) is 1. The first-order valence-corrected chi connectivity index (χ1v) is 6.16. The molecule has 0 saturated carbocycles. The number of amides is 1. The topological polar surface area (TPSA) is 72.6 Å². The molecule has 1 atom stereocenters. The molecular formula is C14H20N2O3. The molecule has 1 aromatic carbocycles. The van der Waals surface area contributed by atoms with E-state index >= 15 is 0 Å². The summed E-state index contributed by atoms with van der Waals surface area (Å²) in [6.07, 6.45) is 0. The van der Waals surface area contributed by atoms with Crippen molar-refractivity contribution in [1.82, 2.24) is 0 Å². The zero-order valence-electron chi connectivity index (χ0n) is 11.5. The highest BCUT2D eigenvalue weighted by molar-refractivity contribution is 6.00. The Bertz CT molecular complexity index is 432. The Labute approximate surface area is 113 Å². The number of para-hydroxylation sites is 1. The number of methoxy groups -OCH3 is 1. The summed E-state index contributed by atoms with van der Waals surface area (Å²) in [7, 11) is 1.29. The van der Waals surface area contributed by atoms with E-state index in [1.807, 2.05) is 19.9 Å². The number of anilines is 1. The minimum atomic E-state index is -0.648. The minimum absolute atomic E-state index is 0.00337. The smallest absolute Gasteiger partial charge is 0.325 e. The van der Waals surface area contributed by atoms with Gasteiger partial charge in [0, 0.05) is 5.69 Å². The first-order valence-electron chi connectivity index (χ1n) is 6.16. The lowest BCUT2D eigenvalue weighted by molar-refractivity contribution is -0.140. The Kier molecular flexibility index (Phi) is 5.51. The second kappa shape index (κ2) is 6.89. The van der Waals surface area contributed by atoms with Gasteiger partial charge in [0.05, 0.1) is 13.2 Å². The maximum absolute atomic E-state index is 12.3. The van der Waals surface area contributed by atoms with Gasteiger partial charge in [-0.3, -0.25) is 14.5 Å². The quantitative estimate of drug-likeness (QED) is 0.810. The van der Waals surface area contributed by atoms with Crippen molar-refractivity contribution in [2.75, 3.05) is 18.6 Å². The summed E-state index contributed by atoms with van der Waals surface area (Å²) in [5.74, 6) is -0.767. The Balaban J connectivity index is 2.99. The van der Waals surface area contributed by atoms with Crippen LogP contribution in [-0.4, -0.2) is 31.6 Å². The molecule has 0 aliphatic heterocycles. The summed E-state index contributed by atoms with van der Waals surface area (Å²) in [6, 6.07) is 8.31. The standard InChI is InChI=1S/C14H20N2O3/c1-10(2)13(15)14(18)16(9-12(17)19-3)11-7-5-4-6-8-11/h4-8,10,13H,9,15H2,1-3H3/t13-/m0/s1. The predicted molar refractivity (Wildman–Crippen MR) is 73.6 cm³/mol. The largest absolute Gasteiger partial charge is 0.468 e. The maximum atomic E-state index is 12.3. The van der Waals surface area contributed by atoms with Crippen molar-refractivity contribution in [1.29, 1.82) is 0 Å². The van der Waals surface area contributed by atoms with Crippen molar-refractivity contribution in [3.05, 3.63) is 30.3 Å². The van der Waals surface area contributed by atoms with E-state index in [1.165, 1.54) is 12.0 Å². The van der Waals surface area contributed by atoms with Crippen LogP contribution in [0.2, 0.25) is 0 Å². The SMILES string of the molecule is COC(=O)CN(C(=O)[C@@H](N)C(C)C)c1ccccc1. The van der Waals surface area contributed by atoms with Gasteiger partial charge in [0.15, 0.2) is 0 Å². The molecule has 0 aliphatic rings. The van der Waals surface area contributed by atoms with E-state index in [0.29, 0.717) is 5.69 Å². The molecular weight excluding hydrogens is 244 g/mol. The highest BCUT2D eigenvalue weighted by Gasteiger charge is 2.26. The highest BCUT2D eigenvalue weighted by atomic mass is 16.5. The number of hydrogen-bond acceptors (Lipinski definition) is 4. The minimum Gasteiger partial charge on any atom is -0.468 e. The van der Waals surface area contributed by atoms with E-state index in [4.69, 9.17) is 5.73 Å². The summed E-state index contributed by atoms with van der Waals surface area (Å²) in [6.45, 7) is 3.59. The maximum Gasteiger partial charge on any atom is 0.325 e. The summed E-state index contributed by atoms with van der Waals surface area (Å²) < 4.78 is 4.62. The number of nitrogens with two attached hydrogens (primary N) is 1. The van der Waals surface area contributed by atoms with Crippen molar-refractivity contribution in [3.8, 4) is 0 Å². The zero-order chi connectivity index (χ0) is 14.4. The second-order valence-electron chi connectivity index (χ2n) is 4.61. The molecule has 1 rings (SSSR count). The lowest BCUT2D eigenvalue weighted by atomic mass is 10.0. The van der Waals surface area contributed by atoms with Gasteiger partial charge in [-0.1, -0.05) is 32.0 Å². The van der Waals surface area contributed by atoms with Gasteiger partial charge in [0.2, 0.25) is 5.91 Å². The monoisotopic (exact) mass is 264 g/mol. The average molecular weight is 264 g/mol. The van der Waals surface area contributed by atoms with Crippen LogP contribution in [0.15, 0.2) is 30.3 Å². The van der Waals surface area contributed by atoms with E-state index in [2.05, 4.69) is 4.74 Å². The van der Waals surface area contributed by atoms with Gasteiger partial charge in [-0.15, -0.1) is 0 Å². The highest BCUT2D eigenvalue weighted by Crippen LogP contribution is 2.16. The zero-order valence-corrected chi connectivity index (χ0v) is 11.5. The Hall–Kier alpha value is -1.88. The normalized spacial score (nSPS) is 12.1. The molecule has 1 amide bonds. The van der Waals surface area contributed by atoms with Crippen molar-refractivity contribution in [2.24, 2.45) is 11.7 Å². The number of hydrogen-bond donors (Lipinski definition) is 1. The third kappa shape index (κ3) is 4.06. The molecule has 0 spiro atoms. The summed E-state index contributed by atoms with van der Waals surface area (Å²) in [5.41, 5.74) is 6.51. The molecule has 2 N–H and O–H groups in total. The number of rotatable bonds is 5. The molecule has 19 heavy (non-hydrogen) atoms. The molecule has 0 aliphatic carbocycles. The van der Waals surface area contributed by atoms with E-state index in [-0.39, 0.29) is 18.4 Å². The summed E-state index contributed by atoms with van der Waals surface area (Å²) >= 11 is 0. The molecule has 1 aromatic rings. The molecule has 0 radical (unpaired) electrons. The van der Waals surface area contributed by atoms with Crippen molar-refractivity contribution in [3.63, 3.8) is 0 Å². The fourth-order valence-electron chi connectivity index (χ4n) is 1.56. The molecule has 0 unspecified atom stereocenters. The third-order valence-electron chi connectivity index (χ3n) is 2.85. The lowest BCUT2D eigenvalue weighted by Gasteiger charge is -2.26. The number of esters is 1. The van der Waals surface area contributed by atoms with E-state index in [0.717, 1.165) is 0 Å². The van der Waals surface area contributed by atoms with Crippen LogP contribution in [0.5, 0.6) is 0 Å². The molecule has 5 heteroatoms. The fourth-order valence-corrected chi connectivity index (χ4v) is 1.56. The third-order valence-corrected chi connectivity index (χ3v) is 2.85. The predicted octanol–water partition coefficient (Wildman–Crippen LogP) is 1.18. The van der Waals surface area contributed by atoms with Gasteiger partial charge >= 0.3 is 5.97 Å². The van der Waals surface area contributed by atoms with Crippen LogP contribution in [0.4, 0.5) is 5.69 Å². The molecule has 0 aromatic heterocycles. The molecule has 5 nitrogen and oxygen atoms in total. The van der Waals surface area contributed by atoms with Crippen LogP contribution in [0, 0.1) is 5.92 Å². The summed E-state index contributed by atoms with van der Waals surface area (Å²) in [5, 5.41) is 0. The Morgan fingerprint density at radius 2 is 1.84 bits per heavy atom. The van der Waals surface area contributed by atoms with Crippen LogP contribution >= 0.6 is 0 Å². The van der Waals surface area contributed by atoms with Crippen molar-refractivity contribution in [2.45, 2.75) is 19.9 Å². The van der Waals surface area contributed by atoms with Crippen molar-refractivity contribution < 1.29 is 14.3 Å². The van der Waals surface area contributed by atoms with Gasteiger partial charge in [0.1, 0.15) is 6.54 Å². The first kappa shape index (κ1) is 15.2.